The first-order valence-electron chi connectivity index (χ1n) is 8.03. The number of piperidine rings is 1. The van der Waals surface area contributed by atoms with Crippen LogP contribution < -0.4 is 10.6 Å². The molecule has 1 aliphatic heterocycles. The summed E-state index contributed by atoms with van der Waals surface area (Å²) >= 11 is 0. The highest BCUT2D eigenvalue weighted by Crippen LogP contribution is 2.32. The van der Waals surface area contributed by atoms with E-state index >= 15 is 0 Å². The van der Waals surface area contributed by atoms with Crippen LogP contribution in [0.4, 0.5) is 0 Å². The Labute approximate surface area is 113 Å². The van der Waals surface area contributed by atoms with Crippen LogP contribution in [-0.4, -0.2) is 25.2 Å². The van der Waals surface area contributed by atoms with Gasteiger partial charge in [-0.3, -0.25) is 0 Å². The molecule has 0 radical (unpaired) electrons. The van der Waals surface area contributed by atoms with Gasteiger partial charge in [-0.2, -0.15) is 0 Å². The van der Waals surface area contributed by atoms with Gasteiger partial charge in [0.25, 0.3) is 0 Å². The summed E-state index contributed by atoms with van der Waals surface area (Å²) in [4.78, 5) is 0. The maximum Gasteiger partial charge on any atom is 0.0110 e. The summed E-state index contributed by atoms with van der Waals surface area (Å²) in [6.07, 6.45) is 9.76. The molecule has 2 rings (SSSR count). The summed E-state index contributed by atoms with van der Waals surface area (Å²) in [6.45, 7) is 9.45. The Bertz CT molecular complexity index is 238. The molecule has 2 nitrogen and oxygen atoms in total. The van der Waals surface area contributed by atoms with Gasteiger partial charge in [-0.25, -0.2) is 0 Å². The summed E-state index contributed by atoms with van der Waals surface area (Å²) in [7, 11) is 0. The van der Waals surface area contributed by atoms with Crippen LogP contribution in [0.15, 0.2) is 0 Å². The normalized spacial score (nSPS) is 33.8. The van der Waals surface area contributed by atoms with Gasteiger partial charge in [0.1, 0.15) is 0 Å². The summed E-state index contributed by atoms with van der Waals surface area (Å²) in [5.41, 5.74) is 0.462. The average molecular weight is 252 g/mol. The van der Waals surface area contributed by atoms with Gasteiger partial charge < -0.3 is 10.6 Å². The molecule has 3 atom stereocenters. The van der Waals surface area contributed by atoms with Crippen molar-refractivity contribution in [2.75, 3.05) is 13.1 Å². The molecule has 2 fully saturated rings. The molecule has 1 aliphatic carbocycles. The van der Waals surface area contributed by atoms with E-state index in [9.17, 15) is 0 Å². The van der Waals surface area contributed by atoms with E-state index in [-0.39, 0.29) is 0 Å². The molecular weight excluding hydrogens is 220 g/mol. The Kier molecular flexibility index (Phi) is 5.08. The smallest absolute Gasteiger partial charge is 0.0110 e. The van der Waals surface area contributed by atoms with Crippen LogP contribution >= 0.6 is 0 Å². The van der Waals surface area contributed by atoms with Crippen molar-refractivity contribution in [1.29, 1.82) is 0 Å². The van der Waals surface area contributed by atoms with Crippen LogP contribution in [0, 0.1) is 11.3 Å². The lowest BCUT2D eigenvalue weighted by Gasteiger charge is -2.33. The molecule has 2 aliphatic rings. The van der Waals surface area contributed by atoms with E-state index in [1.54, 1.807) is 0 Å². The third kappa shape index (κ3) is 4.24. The second-order valence-electron chi connectivity index (χ2n) is 7.52. The molecule has 1 saturated heterocycles. The van der Waals surface area contributed by atoms with E-state index in [1.165, 1.54) is 58.0 Å². The zero-order valence-electron chi connectivity index (χ0n) is 12.6. The third-order valence-corrected chi connectivity index (χ3v) is 4.72. The zero-order chi connectivity index (χ0) is 13.0. The topological polar surface area (TPSA) is 24.1 Å². The van der Waals surface area contributed by atoms with Gasteiger partial charge in [0.05, 0.1) is 0 Å². The lowest BCUT2D eigenvalue weighted by molar-refractivity contribution is 0.250. The molecule has 2 heteroatoms. The maximum absolute atomic E-state index is 3.85. The fraction of sp³-hybridized carbons (Fsp3) is 1.00. The van der Waals surface area contributed by atoms with Crippen LogP contribution in [0.25, 0.3) is 0 Å². The van der Waals surface area contributed by atoms with Crippen LogP contribution in [0.1, 0.15) is 65.7 Å². The molecule has 0 amide bonds. The number of hydrogen-bond acceptors (Lipinski definition) is 2. The van der Waals surface area contributed by atoms with Crippen LogP contribution in [0.3, 0.4) is 0 Å². The first kappa shape index (κ1) is 14.3. The molecule has 1 heterocycles. The van der Waals surface area contributed by atoms with Crippen LogP contribution in [-0.2, 0) is 0 Å². The first-order valence-corrected chi connectivity index (χ1v) is 8.03. The van der Waals surface area contributed by atoms with Crippen molar-refractivity contribution in [2.45, 2.75) is 77.8 Å². The highest BCUT2D eigenvalue weighted by molar-refractivity contribution is 4.92. The molecule has 0 aromatic heterocycles. The summed E-state index contributed by atoms with van der Waals surface area (Å²) in [5.74, 6) is 0.894. The van der Waals surface area contributed by atoms with Gasteiger partial charge >= 0.3 is 0 Å². The molecule has 2 N–H and O–H groups in total. The Hall–Kier alpha value is -0.0800. The van der Waals surface area contributed by atoms with Crippen molar-refractivity contribution < 1.29 is 0 Å². The van der Waals surface area contributed by atoms with Crippen molar-refractivity contribution in [1.82, 2.24) is 10.6 Å². The van der Waals surface area contributed by atoms with Gasteiger partial charge in [0.15, 0.2) is 0 Å². The van der Waals surface area contributed by atoms with E-state index < -0.39 is 0 Å². The molecule has 0 bridgehead atoms. The molecule has 3 unspecified atom stereocenters. The van der Waals surface area contributed by atoms with E-state index in [0.29, 0.717) is 5.41 Å². The van der Waals surface area contributed by atoms with Gasteiger partial charge in [0.2, 0.25) is 0 Å². The van der Waals surface area contributed by atoms with E-state index in [2.05, 4.69) is 31.4 Å². The Morgan fingerprint density at radius 2 is 1.89 bits per heavy atom. The minimum atomic E-state index is 0.462. The highest BCUT2D eigenvalue weighted by Gasteiger charge is 2.33. The molecule has 0 aromatic rings. The van der Waals surface area contributed by atoms with Gasteiger partial charge in [-0.15, -0.1) is 0 Å². The lowest BCUT2D eigenvalue weighted by atomic mass is 9.87. The number of rotatable bonds is 4. The van der Waals surface area contributed by atoms with Crippen molar-refractivity contribution in [3.63, 3.8) is 0 Å². The third-order valence-electron chi connectivity index (χ3n) is 4.72. The predicted octanol–water partition coefficient (Wildman–Crippen LogP) is 3.32. The lowest BCUT2D eigenvalue weighted by Crippen LogP contribution is -2.47. The summed E-state index contributed by atoms with van der Waals surface area (Å²) in [6, 6.07) is 1.58. The van der Waals surface area contributed by atoms with E-state index in [0.717, 1.165) is 18.0 Å². The predicted molar refractivity (Wildman–Crippen MR) is 78.8 cm³/mol. The van der Waals surface area contributed by atoms with Crippen LogP contribution in [0.5, 0.6) is 0 Å². The fourth-order valence-corrected chi connectivity index (χ4v) is 3.60. The van der Waals surface area contributed by atoms with Crippen LogP contribution in [0.2, 0.25) is 0 Å². The second kappa shape index (κ2) is 6.38. The Morgan fingerprint density at radius 1 is 1.06 bits per heavy atom. The van der Waals surface area contributed by atoms with E-state index in [1.807, 2.05) is 0 Å². The standard InChI is InChI=1S/C16H32N2/c1-16(2,3)10-12-18-15-9-6-7-13(15)14-8-4-5-11-17-14/h13-15,17-18H,4-12H2,1-3H3. The largest absolute Gasteiger partial charge is 0.314 e. The maximum atomic E-state index is 3.85. The van der Waals surface area contributed by atoms with Crippen molar-refractivity contribution in [3.8, 4) is 0 Å². The van der Waals surface area contributed by atoms with Crippen molar-refractivity contribution in [2.24, 2.45) is 11.3 Å². The number of nitrogens with one attached hydrogen (secondary N) is 2. The van der Waals surface area contributed by atoms with Gasteiger partial charge in [-0.05, 0) is 56.5 Å². The molecule has 1 saturated carbocycles. The fourth-order valence-electron chi connectivity index (χ4n) is 3.60. The van der Waals surface area contributed by atoms with Crippen molar-refractivity contribution >= 4 is 0 Å². The molecule has 18 heavy (non-hydrogen) atoms. The average Bonchev–Trinajstić information content (AvgIpc) is 2.77. The minimum absolute atomic E-state index is 0.462. The summed E-state index contributed by atoms with van der Waals surface area (Å²) in [5, 5.41) is 7.60. The van der Waals surface area contributed by atoms with E-state index in [4.69, 9.17) is 0 Å². The van der Waals surface area contributed by atoms with Gasteiger partial charge in [-0.1, -0.05) is 33.6 Å². The number of hydrogen-bond donors (Lipinski definition) is 2. The SMILES string of the molecule is CC(C)(C)CCNC1CCCC1C1CCCCN1. The van der Waals surface area contributed by atoms with Gasteiger partial charge in [0, 0.05) is 12.1 Å². The molecule has 0 aromatic carbocycles. The molecule has 0 spiro atoms. The zero-order valence-corrected chi connectivity index (χ0v) is 12.6. The molecular formula is C16H32N2. The minimum Gasteiger partial charge on any atom is -0.314 e. The van der Waals surface area contributed by atoms with Crippen molar-refractivity contribution in [3.05, 3.63) is 0 Å². The summed E-state index contributed by atoms with van der Waals surface area (Å²) < 4.78 is 0. The highest BCUT2D eigenvalue weighted by atomic mass is 15.0. The quantitative estimate of drug-likeness (QED) is 0.802. The monoisotopic (exact) mass is 252 g/mol. The molecule has 106 valence electrons. The Morgan fingerprint density at radius 3 is 2.56 bits per heavy atom. The Balaban J connectivity index is 1.76. The first-order chi connectivity index (χ1) is 8.56. The second-order valence-corrected chi connectivity index (χ2v) is 7.52.